The quantitative estimate of drug-likeness (QED) is 0.166. The first kappa shape index (κ1) is 40.4. The van der Waals surface area contributed by atoms with Crippen LogP contribution in [0.3, 0.4) is 0 Å². The third kappa shape index (κ3) is 8.91. The predicted octanol–water partition coefficient (Wildman–Crippen LogP) is 16.3. The second-order valence-corrected chi connectivity index (χ2v) is 16.0. The van der Waals surface area contributed by atoms with Gasteiger partial charge >= 0.3 is 0 Å². The summed E-state index contributed by atoms with van der Waals surface area (Å²) < 4.78 is 0. The molecule has 1 unspecified atom stereocenters. The van der Waals surface area contributed by atoms with E-state index in [2.05, 4.69) is 244 Å². The third-order valence-corrected chi connectivity index (χ3v) is 12.1. The number of hydrogen-bond acceptors (Lipinski definition) is 1. The molecule has 0 aromatic heterocycles. The van der Waals surface area contributed by atoms with Gasteiger partial charge < -0.3 is 5.73 Å². The maximum Gasteiger partial charge on any atom is 0.0436 e. The van der Waals surface area contributed by atoms with Crippen LogP contribution in [0.2, 0.25) is 0 Å². The number of fused-ring (bicyclic) bond motifs is 3. The zero-order chi connectivity index (χ0) is 42.9. The van der Waals surface area contributed by atoms with E-state index in [0.717, 1.165) is 5.69 Å². The van der Waals surface area contributed by atoms with Gasteiger partial charge in [-0.25, -0.2) is 0 Å². The van der Waals surface area contributed by atoms with E-state index in [1.54, 1.807) is 0 Å². The van der Waals surface area contributed by atoms with Crippen LogP contribution >= 0.6 is 0 Å². The van der Waals surface area contributed by atoms with E-state index in [1.807, 2.05) is 30.3 Å². The Morgan fingerprint density at radius 2 is 0.508 bits per heavy atom. The first-order valence-electron chi connectivity index (χ1n) is 21.6. The van der Waals surface area contributed by atoms with Gasteiger partial charge in [0.25, 0.3) is 0 Å². The first-order chi connectivity index (χ1) is 31.0. The van der Waals surface area contributed by atoms with Crippen LogP contribution in [0.25, 0.3) is 66.8 Å². The van der Waals surface area contributed by atoms with E-state index < -0.39 is 0 Å². The highest BCUT2D eigenvalue weighted by Crippen LogP contribution is 2.53. The molecule has 0 radical (unpaired) electrons. The SMILES string of the molecule is CC1(c2ccccc2)c2cc(N)ccc2-c2ccc(-c3ccc(-c4ccccc4)cc3)cc21.c1ccc(-c2ccc(-c3ccccc3)cc2)cc1.c1ccc(-c2ccccc2)cc1. The van der Waals surface area contributed by atoms with E-state index in [0.29, 0.717) is 0 Å². The van der Waals surface area contributed by atoms with Crippen LogP contribution in [0.15, 0.2) is 267 Å². The molecular weight excluding hydrogens is 759 g/mol. The molecule has 1 atom stereocenters. The average molecular weight is 808 g/mol. The molecule has 0 aliphatic heterocycles. The lowest BCUT2D eigenvalue weighted by molar-refractivity contribution is 0.714. The Morgan fingerprint density at radius 1 is 0.254 bits per heavy atom. The number of rotatable bonds is 6. The summed E-state index contributed by atoms with van der Waals surface area (Å²) in [6.07, 6.45) is 0. The molecular formula is C62H49N. The Bertz CT molecular complexity index is 2900. The van der Waals surface area contributed by atoms with Crippen LogP contribution in [0.5, 0.6) is 0 Å². The van der Waals surface area contributed by atoms with Crippen LogP contribution in [0.4, 0.5) is 5.69 Å². The Kier molecular flexibility index (Phi) is 12.0. The number of benzene rings is 10. The van der Waals surface area contributed by atoms with Gasteiger partial charge in [-0.05, 0) is 109 Å². The van der Waals surface area contributed by atoms with Crippen molar-refractivity contribution >= 4 is 5.69 Å². The molecule has 2 N–H and O–H groups in total. The molecule has 0 spiro atoms. The maximum absolute atomic E-state index is 6.25. The molecule has 11 rings (SSSR count). The molecule has 1 nitrogen and oxygen atoms in total. The molecule has 0 fully saturated rings. The Labute approximate surface area is 372 Å². The molecule has 0 saturated carbocycles. The summed E-state index contributed by atoms with van der Waals surface area (Å²) in [4.78, 5) is 0. The van der Waals surface area contributed by atoms with Crippen molar-refractivity contribution in [2.75, 3.05) is 5.73 Å². The van der Waals surface area contributed by atoms with E-state index >= 15 is 0 Å². The molecule has 302 valence electrons. The van der Waals surface area contributed by atoms with Crippen LogP contribution in [0.1, 0.15) is 23.6 Å². The molecule has 1 aliphatic carbocycles. The number of anilines is 1. The molecule has 10 aromatic carbocycles. The summed E-state index contributed by atoms with van der Waals surface area (Å²) >= 11 is 0. The summed E-state index contributed by atoms with van der Waals surface area (Å²) in [6.45, 7) is 2.33. The maximum atomic E-state index is 6.25. The molecule has 1 aliphatic rings. The number of nitrogens with two attached hydrogens (primary N) is 1. The number of hydrogen-bond donors (Lipinski definition) is 1. The minimum atomic E-state index is -0.249. The highest BCUT2D eigenvalue weighted by atomic mass is 14.6. The van der Waals surface area contributed by atoms with Crippen LogP contribution in [-0.2, 0) is 5.41 Å². The highest BCUT2D eigenvalue weighted by molar-refractivity contribution is 5.87. The summed E-state index contributed by atoms with van der Waals surface area (Å²) in [7, 11) is 0. The van der Waals surface area contributed by atoms with E-state index in [-0.39, 0.29) is 5.41 Å². The van der Waals surface area contributed by atoms with Gasteiger partial charge in [0.15, 0.2) is 0 Å². The van der Waals surface area contributed by atoms with Crippen molar-refractivity contribution in [3.05, 3.63) is 284 Å². The molecule has 0 bridgehead atoms. The topological polar surface area (TPSA) is 26.0 Å². The molecule has 0 saturated heterocycles. The second kappa shape index (κ2) is 18.7. The Morgan fingerprint density at radius 3 is 0.857 bits per heavy atom. The van der Waals surface area contributed by atoms with Gasteiger partial charge in [-0.3, -0.25) is 0 Å². The Hall–Kier alpha value is -8.00. The fraction of sp³-hybridized carbons (Fsp3) is 0.0323. The second-order valence-electron chi connectivity index (χ2n) is 16.0. The van der Waals surface area contributed by atoms with E-state index in [4.69, 9.17) is 5.73 Å². The average Bonchev–Trinajstić information content (AvgIpc) is 3.63. The van der Waals surface area contributed by atoms with Crippen LogP contribution < -0.4 is 5.73 Å². The molecule has 0 heterocycles. The Balaban J connectivity index is 0.000000140. The monoisotopic (exact) mass is 807 g/mol. The number of nitrogen functional groups attached to an aromatic ring is 1. The third-order valence-electron chi connectivity index (χ3n) is 12.1. The summed E-state index contributed by atoms with van der Waals surface area (Å²) in [6, 6.07) is 93.8. The van der Waals surface area contributed by atoms with Crippen molar-refractivity contribution in [1.29, 1.82) is 0 Å². The van der Waals surface area contributed by atoms with Crippen molar-refractivity contribution < 1.29 is 0 Å². The first-order valence-corrected chi connectivity index (χ1v) is 21.6. The van der Waals surface area contributed by atoms with Gasteiger partial charge in [0.2, 0.25) is 0 Å². The van der Waals surface area contributed by atoms with Gasteiger partial charge in [0.05, 0.1) is 0 Å². The van der Waals surface area contributed by atoms with Gasteiger partial charge in [-0.15, -0.1) is 0 Å². The summed E-state index contributed by atoms with van der Waals surface area (Å²) in [5.41, 5.74) is 25.8. The molecule has 10 aromatic rings. The fourth-order valence-electron chi connectivity index (χ4n) is 8.67. The smallest absolute Gasteiger partial charge is 0.0436 e. The highest BCUT2D eigenvalue weighted by Gasteiger charge is 2.41. The summed E-state index contributed by atoms with van der Waals surface area (Å²) in [5, 5.41) is 0. The lowest BCUT2D eigenvalue weighted by Gasteiger charge is -2.28. The van der Waals surface area contributed by atoms with Crippen LogP contribution in [-0.4, -0.2) is 0 Å². The zero-order valence-corrected chi connectivity index (χ0v) is 35.5. The largest absolute Gasteiger partial charge is 0.399 e. The van der Waals surface area contributed by atoms with Crippen molar-refractivity contribution in [2.24, 2.45) is 0 Å². The molecule has 1 heteroatoms. The van der Waals surface area contributed by atoms with Gasteiger partial charge in [-0.2, -0.15) is 0 Å². The predicted molar refractivity (Wildman–Crippen MR) is 268 cm³/mol. The van der Waals surface area contributed by atoms with Gasteiger partial charge in [-0.1, -0.05) is 249 Å². The standard InChI is InChI=1S/C32H25N.C18H14.C12H10/c1-32(26-10-6-3-7-11-26)30-20-25(16-18-28(30)29-19-17-27(33)21-31(29)32)24-14-12-23(13-15-24)22-8-4-2-5-9-22;1-3-7-15(8-4-1)17-11-13-18(14-12-17)16-9-5-2-6-10-16;1-3-7-11(8-4-1)12-9-5-2-6-10-12/h2-21H,33H2,1H3;1-14H;1-10H. The summed E-state index contributed by atoms with van der Waals surface area (Å²) in [5.74, 6) is 0. The van der Waals surface area contributed by atoms with E-state index in [9.17, 15) is 0 Å². The minimum absolute atomic E-state index is 0.249. The van der Waals surface area contributed by atoms with Crippen molar-refractivity contribution in [1.82, 2.24) is 0 Å². The lowest BCUT2D eigenvalue weighted by atomic mass is 9.74. The van der Waals surface area contributed by atoms with E-state index in [1.165, 1.54) is 83.5 Å². The zero-order valence-electron chi connectivity index (χ0n) is 35.5. The normalized spacial score (nSPS) is 13.3. The van der Waals surface area contributed by atoms with Gasteiger partial charge in [0.1, 0.15) is 0 Å². The van der Waals surface area contributed by atoms with Crippen LogP contribution in [0, 0.1) is 0 Å². The fourth-order valence-corrected chi connectivity index (χ4v) is 8.67. The molecule has 63 heavy (non-hydrogen) atoms. The minimum Gasteiger partial charge on any atom is -0.399 e. The lowest BCUT2D eigenvalue weighted by Crippen LogP contribution is -2.22. The molecule has 0 amide bonds. The van der Waals surface area contributed by atoms with Crippen molar-refractivity contribution in [2.45, 2.75) is 12.3 Å². The van der Waals surface area contributed by atoms with Crippen molar-refractivity contribution in [3.8, 4) is 66.8 Å². The van der Waals surface area contributed by atoms with Gasteiger partial charge in [0, 0.05) is 11.1 Å². The van der Waals surface area contributed by atoms with Crippen molar-refractivity contribution in [3.63, 3.8) is 0 Å².